The summed E-state index contributed by atoms with van der Waals surface area (Å²) < 4.78 is 10.5. The van der Waals surface area contributed by atoms with Crippen molar-refractivity contribution in [3.05, 3.63) is 53.1 Å². The van der Waals surface area contributed by atoms with Gasteiger partial charge in [0.05, 0.1) is 20.1 Å². The number of halogens is 1. The molecule has 0 aromatic heterocycles. The Balaban J connectivity index is 2.26. The van der Waals surface area contributed by atoms with Gasteiger partial charge in [0.25, 0.3) is 0 Å². The number of carbonyl (C=O) groups is 1. The standard InChI is InChI=1S/C19H22ClNO3/c1-12(2)18(13-5-7-14(20)8-6-13)19(22)21-15-9-16(23-3)11-17(10-15)24-4/h5-12,18H,1-4H3,(H,21,22)/t18-/m1/s1. The first-order chi connectivity index (χ1) is 11.4. The molecule has 128 valence electrons. The predicted molar refractivity (Wildman–Crippen MR) is 97.2 cm³/mol. The lowest BCUT2D eigenvalue weighted by Gasteiger charge is -2.21. The second-order valence-corrected chi connectivity index (χ2v) is 6.30. The lowest BCUT2D eigenvalue weighted by Crippen LogP contribution is -2.25. The molecule has 0 bridgehead atoms. The first kappa shape index (κ1) is 18.1. The molecule has 0 spiro atoms. The maximum Gasteiger partial charge on any atom is 0.232 e. The van der Waals surface area contributed by atoms with Crippen LogP contribution in [-0.4, -0.2) is 20.1 Å². The molecule has 0 aliphatic heterocycles. The average Bonchev–Trinajstić information content (AvgIpc) is 2.56. The van der Waals surface area contributed by atoms with Crippen LogP contribution in [0.25, 0.3) is 0 Å². The molecule has 1 atom stereocenters. The van der Waals surface area contributed by atoms with Crippen molar-refractivity contribution in [2.45, 2.75) is 19.8 Å². The number of rotatable bonds is 6. The highest BCUT2D eigenvalue weighted by atomic mass is 35.5. The molecular formula is C19H22ClNO3. The SMILES string of the molecule is COc1cc(NC(=O)[C@@H](c2ccc(Cl)cc2)C(C)C)cc(OC)c1. The number of benzene rings is 2. The third-order valence-corrected chi connectivity index (χ3v) is 4.05. The van der Waals surface area contributed by atoms with E-state index in [2.05, 4.69) is 5.32 Å². The van der Waals surface area contributed by atoms with E-state index in [0.29, 0.717) is 22.2 Å². The van der Waals surface area contributed by atoms with Gasteiger partial charge in [0.2, 0.25) is 5.91 Å². The second kappa shape index (κ2) is 8.06. The second-order valence-electron chi connectivity index (χ2n) is 5.86. The Labute approximate surface area is 147 Å². The highest BCUT2D eigenvalue weighted by Crippen LogP contribution is 2.30. The Morgan fingerprint density at radius 2 is 1.54 bits per heavy atom. The highest BCUT2D eigenvalue weighted by Gasteiger charge is 2.24. The van der Waals surface area contributed by atoms with Crippen LogP contribution in [0.4, 0.5) is 5.69 Å². The minimum absolute atomic E-state index is 0.0809. The molecule has 1 N–H and O–H groups in total. The van der Waals surface area contributed by atoms with E-state index >= 15 is 0 Å². The van der Waals surface area contributed by atoms with Crippen LogP contribution < -0.4 is 14.8 Å². The van der Waals surface area contributed by atoms with Gasteiger partial charge in [-0.25, -0.2) is 0 Å². The van der Waals surface area contributed by atoms with Gasteiger partial charge in [-0.2, -0.15) is 0 Å². The van der Waals surface area contributed by atoms with Gasteiger partial charge in [-0.15, -0.1) is 0 Å². The fourth-order valence-electron chi connectivity index (χ4n) is 2.61. The molecule has 0 fully saturated rings. The Morgan fingerprint density at radius 1 is 1.00 bits per heavy atom. The molecular weight excluding hydrogens is 326 g/mol. The molecule has 1 amide bonds. The lowest BCUT2D eigenvalue weighted by atomic mass is 9.87. The van der Waals surface area contributed by atoms with Crippen molar-refractivity contribution in [2.24, 2.45) is 5.92 Å². The summed E-state index contributed by atoms with van der Waals surface area (Å²) in [5, 5.41) is 3.61. The molecule has 0 unspecified atom stereocenters. The molecule has 5 heteroatoms. The smallest absolute Gasteiger partial charge is 0.232 e. The number of ether oxygens (including phenoxy) is 2. The Hall–Kier alpha value is -2.20. The van der Waals surface area contributed by atoms with Crippen molar-refractivity contribution in [3.63, 3.8) is 0 Å². The molecule has 4 nitrogen and oxygen atoms in total. The molecule has 0 aliphatic carbocycles. The van der Waals surface area contributed by atoms with Crippen LogP contribution in [0.3, 0.4) is 0 Å². The summed E-state index contributed by atoms with van der Waals surface area (Å²) in [5.41, 5.74) is 1.57. The van der Waals surface area contributed by atoms with E-state index in [4.69, 9.17) is 21.1 Å². The third-order valence-electron chi connectivity index (χ3n) is 3.80. The van der Waals surface area contributed by atoms with E-state index in [0.717, 1.165) is 5.56 Å². The highest BCUT2D eigenvalue weighted by molar-refractivity contribution is 6.30. The molecule has 0 radical (unpaired) electrons. The lowest BCUT2D eigenvalue weighted by molar-refractivity contribution is -0.118. The summed E-state index contributed by atoms with van der Waals surface area (Å²) in [6.07, 6.45) is 0. The number of hydrogen-bond donors (Lipinski definition) is 1. The Morgan fingerprint density at radius 3 is 2.00 bits per heavy atom. The van der Waals surface area contributed by atoms with Crippen LogP contribution in [0.1, 0.15) is 25.3 Å². The van der Waals surface area contributed by atoms with Gasteiger partial charge in [0, 0.05) is 28.9 Å². The molecule has 0 heterocycles. The number of nitrogens with one attached hydrogen (secondary N) is 1. The van der Waals surface area contributed by atoms with Crippen molar-refractivity contribution in [3.8, 4) is 11.5 Å². The van der Waals surface area contributed by atoms with Crippen molar-refractivity contribution in [2.75, 3.05) is 19.5 Å². The van der Waals surface area contributed by atoms with Crippen LogP contribution >= 0.6 is 11.6 Å². The number of methoxy groups -OCH3 is 2. The van der Waals surface area contributed by atoms with E-state index in [1.54, 1.807) is 44.6 Å². The zero-order valence-electron chi connectivity index (χ0n) is 14.3. The van der Waals surface area contributed by atoms with Gasteiger partial charge in [-0.1, -0.05) is 37.6 Å². The van der Waals surface area contributed by atoms with Gasteiger partial charge < -0.3 is 14.8 Å². The van der Waals surface area contributed by atoms with Gasteiger partial charge >= 0.3 is 0 Å². The Bertz CT molecular complexity index is 676. The van der Waals surface area contributed by atoms with E-state index in [9.17, 15) is 4.79 Å². The number of amides is 1. The van der Waals surface area contributed by atoms with Gasteiger partial charge in [-0.3, -0.25) is 4.79 Å². The summed E-state index contributed by atoms with van der Waals surface area (Å²) in [6.45, 7) is 4.04. The summed E-state index contributed by atoms with van der Waals surface area (Å²) in [4.78, 5) is 12.8. The summed E-state index contributed by atoms with van der Waals surface area (Å²) >= 11 is 5.94. The minimum atomic E-state index is -0.278. The average molecular weight is 348 g/mol. The first-order valence-corrected chi connectivity index (χ1v) is 8.11. The topological polar surface area (TPSA) is 47.6 Å². The number of anilines is 1. The van der Waals surface area contributed by atoms with Gasteiger partial charge in [0.15, 0.2) is 0 Å². The normalized spacial score (nSPS) is 11.9. The molecule has 0 saturated carbocycles. The zero-order valence-corrected chi connectivity index (χ0v) is 15.1. The van der Waals surface area contributed by atoms with E-state index in [1.165, 1.54) is 0 Å². The van der Waals surface area contributed by atoms with Crippen LogP contribution in [0.15, 0.2) is 42.5 Å². The maximum absolute atomic E-state index is 12.8. The van der Waals surface area contributed by atoms with Gasteiger partial charge in [-0.05, 0) is 23.6 Å². The molecule has 2 aromatic carbocycles. The summed E-state index contributed by atoms with van der Waals surface area (Å²) in [6, 6.07) is 12.7. The molecule has 2 rings (SSSR count). The zero-order chi connectivity index (χ0) is 17.7. The van der Waals surface area contributed by atoms with Crippen molar-refractivity contribution >= 4 is 23.2 Å². The monoisotopic (exact) mass is 347 g/mol. The number of carbonyl (C=O) groups excluding carboxylic acids is 1. The largest absolute Gasteiger partial charge is 0.497 e. The fourth-order valence-corrected chi connectivity index (χ4v) is 2.73. The quantitative estimate of drug-likeness (QED) is 0.821. The molecule has 2 aromatic rings. The summed E-state index contributed by atoms with van der Waals surface area (Å²) in [5.74, 6) is 1.02. The van der Waals surface area contributed by atoms with Crippen molar-refractivity contribution < 1.29 is 14.3 Å². The van der Waals surface area contributed by atoms with Crippen molar-refractivity contribution in [1.82, 2.24) is 0 Å². The van der Waals surface area contributed by atoms with Crippen LogP contribution in [0.2, 0.25) is 5.02 Å². The molecule has 24 heavy (non-hydrogen) atoms. The van der Waals surface area contributed by atoms with Crippen LogP contribution in [0, 0.1) is 5.92 Å². The Kier molecular flexibility index (Phi) is 6.10. The molecule has 0 saturated heterocycles. The first-order valence-electron chi connectivity index (χ1n) is 7.74. The van der Waals surface area contributed by atoms with E-state index < -0.39 is 0 Å². The van der Waals surface area contributed by atoms with E-state index in [1.807, 2.05) is 26.0 Å². The number of hydrogen-bond acceptors (Lipinski definition) is 3. The van der Waals surface area contributed by atoms with Gasteiger partial charge in [0.1, 0.15) is 11.5 Å². The fraction of sp³-hybridized carbons (Fsp3) is 0.316. The minimum Gasteiger partial charge on any atom is -0.497 e. The van der Waals surface area contributed by atoms with E-state index in [-0.39, 0.29) is 17.7 Å². The predicted octanol–water partition coefficient (Wildman–Crippen LogP) is 4.74. The van der Waals surface area contributed by atoms with Crippen LogP contribution in [0.5, 0.6) is 11.5 Å². The molecule has 0 aliphatic rings. The van der Waals surface area contributed by atoms with Crippen molar-refractivity contribution in [1.29, 1.82) is 0 Å². The summed E-state index contributed by atoms with van der Waals surface area (Å²) in [7, 11) is 3.15. The third kappa shape index (κ3) is 4.42. The van der Waals surface area contributed by atoms with Crippen LogP contribution in [-0.2, 0) is 4.79 Å². The maximum atomic E-state index is 12.8.